The Labute approximate surface area is 184 Å². The molecule has 4 aromatic rings. The highest BCUT2D eigenvalue weighted by atomic mass is 16.5. The van der Waals surface area contributed by atoms with Gasteiger partial charge in [0.05, 0.1) is 7.11 Å². The van der Waals surface area contributed by atoms with Crippen LogP contribution in [0.4, 0.5) is 16.2 Å². The molecule has 0 bridgehead atoms. The van der Waals surface area contributed by atoms with E-state index in [1.54, 1.807) is 86.1 Å². The molecule has 0 atom stereocenters. The summed E-state index contributed by atoms with van der Waals surface area (Å²) in [7, 11) is 1.57. The molecule has 0 unspecified atom stereocenters. The molecule has 0 aliphatic rings. The Kier molecular flexibility index (Phi) is 6.12. The van der Waals surface area contributed by atoms with Crippen molar-refractivity contribution in [2.24, 2.45) is 0 Å². The maximum Gasteiger partial charge on any atom is 0.323 e. The van der Waals surface area contributed by atoms with Gasteiger partial charge in [0.25, 0.3) is 0 Å². The lowest BCUT2D eigenvalue weighted by Crippen LogP contribution is -2.19. The van der Waals surface area contributed by atoms with Crippen LogP contribution < -0.4 is 20.1 Å². The summed E-state index contributed by atoms with van der Waals surface area (Å²) in [5.41, 5.74) is 1.74. The van der Waals surface area contributed by atoms with Gasteiger partial charge >= 0.3 is 6.03 Å². The zero-order valence-electron chi connectivity index (χ0n) is 17.2. The van der Waals surface area contributed by atoms with Gasteiger partial charge in [-0.2, -0.15) is 0 Å². The van der Waals surface area contributed by atoms with Crippen molar-refractivity contribution in [3.8, 4) is 17.2 Å². The average Bonchev–Trinajstić information content (AvgIpc) is 3.35. The van der Waals surface area contributed by atoms with E-state index in [1.165, 1.54) is 6.20 Å². The number of anilines is 2. The smallest absolute Gasteiger partial charge is 0.323 e. The molecule has 0 saturated carbocycles. The lowest BCUT2D eigenvalue weighted by Gasteiger charge is -2.10. The van der Waals surface area contributed by atoms with Gasteiger partial charge in [-0.3, -0.25) is 4.79 Å². The van der Waals surface area contributed by atoms with E-state index in [0.29, 0.717) is 34.2 Å². The van der Waals surface area contributed by atoms with Crippen LogP contribution in [0.25, 0.3) is 0 Å². The Morgan fingerprint density at radius 1 is 0.844 bits per heavy atom. The highest BCUT2D eigenvalue weighted by molar-refractivity contribution is 6.06. The number of carbonyl (C=O) groups excluding carboxylic acids is 2. The summed E-state index contributed by atoms with van der Waals surface area (Å²) in [6, 6.07) is 20.4. The lowest BCUT2D eigenvalue weighted by atomic mass is 10.1. The number of urea groups is 1. The van der Waals surface area contributed by atoms with Crippen molar-refractivity contribution in [2.75, 3.05) is 17.7 Å². The number of aromatic amines is 1. The standard InChI is InChI=1S/C24H20N4O4/c1-31-21-4-2-3-18(15-21)28-24(30)27-17-7-11-20(12-8-17)32-19-9-5-16(6-10-19)22(29)23-25-13-14-26-23/h2-15H,1H3,(H,25,26)(H2,27,28,30). The van der Waals surface area contributed by atoms with Crippen LogP contribution in [-0.2, 0) is 0 Å². The van der Waals surface area contributed by atoms with Gasteiger partial charge in [-0.25, -0.2) is 9.78 Å². The zero-order chi connectivity index (χ0) is 22.3. The number of imidazole rings is 1. The number of methoxy groups -OCH3 is 1. The van der Waals surface area contributed by atoms with Crippen molar-refractivity contribution in [3.05, 3.63) is 96.6 Å². The van der Waals surface area contributed by atoms with Crippen LogP contribution in [0.1, 0.15) is 16.2 Å². The van der Waals surface area contributed by atoms with Crippen molar-refractivity contribution in [2.45, 2.75) is 0 Å². The van der Waals surface area contributed by atoms with Crippen LogP contribution in [0.15, 0.2) is 85.2 Å². The predicted molar refractivity (Wildman–Crippen MR) is 121 cm³/mol. The molecule has 3 N–H and O–H groups in total. The number of hydrogen-bond acceptors (Lipinski definition) is 5. The molecular weight excluding hydrogens is 408 g/mol. The normalized spacial score (nSPS) is 10.3. The van der Waals surface area contributed by atoms with E-state index in [-0.39, 0.29) is 17.6 Å². The molecule has 32 heavy (non-hydrogen) atoms. The van der Waals surface area contributed by atoms with E-state index in [4.69, 9.17) is 9.47 Å². The van der Waals surface area contributed by atoms with Crippen LogP contribution in [0, 0.1) is 0 Å². The summed E-state index contributed by atoms with van der Waals surface area (Å²) in [4.78, 5) is 31.2. The minimum absolute atomic E-state index is 0.191. The third-order valence-corrected chi connectivity index (χ3v) is 4.51. The topological polar surface area (TPSA) is 105 Å². The molecule has 160 valence electrons. The number of amides is 2. The number of hydrogen-bond donors (Lipinski definition) is 3. The van der Waals surface area contributed by atoms with E-state index in [2.05, 4.69) is 20.6 Å². The van der Waals surface area contributed by atoms with Gasteiger partial charge in [-0.1, -0.05) is 6.07 Å². The van der Waals surface area contributed by atoms with Crippen LogP contribution in [0.2, 0.25) is 0 Å². The Morgan fingerprint density at radius 3 is 2.19 bits per heavy atom. The fraction of sp³-hybridized carbons (Fsp3) is 0.0417. The number of nitrogens with zero attached hydrogens (tertiary/aromatic N) is 1. The molecule has 0 saturated heterocycles. The van der Waals surface area contributed by atoms with Crippen molar-refractivity contribution >= 4 is 23.2 Å². The van der Waals surface area contributed by atoms with Gasteiger partial charge in [0.15, 0.2) is 5.82 Å². The van der Waals surface area contributed by atoms with Gasteiger partial charge in [0.1, 0.15) is 17.2 Å². The molecule has 1 heterocycles. The minimum atomic E-state index is -0.372. The van der Waals surface area contributed by atoms with Crippen LogP contribution in [-0.4, -0.2) is 28.9 Å². The van der Waals surface area contributed by atoms with Gasteiger partial charge in [-0.05, 0) is 60.7 Å². The van der Waals surface area contributed by atoms with Crippen LogP contribution >= 0.6 is 0 Å². The molecule has 0 aliphatic carbocycles. The Morgan fingerprint density at radius 2 is 1.53 bits per heavy atom. The first kappa shape index (κ1) is 20.7. The molecule has 0 radical (unpaired) electrons. The summed E-state index contributed by atoms with van der Waals surface area (Å²) in [6.45, 7) is 0. The van der Waals surface area contributed by atoms with E-state index >= 15 is 0 Å². The van der Waals surface area contributed by atoms with E-state index < -0.39 is 0 Å². The minimum Gasteiger partial charge on any atom is -0.497 e. The van der Waals surface area contributed by atoms with Crippen molar-refractivity contribution in [3.63, 3.8) is 0 Å². The van der Waals surface area contributed by atoms with Crippen LogP contribution in [0.3, 0.4) is 0 Å². The molecule has 3 aromatic carbocycles. The fourth-order valence-corrected chi connectivity index (χ4v) is 2.94. The third kappa shape index (κ3) is 5.11. The number of rotatable bonds is 7. The fourth-order valence-electron chi connectivity index (χ4n) is 2.94. The number of benzene rings is 3. The maximum atomic E-state index is 12.3. The second-order valence-corrected chi connectivity index (χ2v) is 6.73. The summed E-state index contributed by atoms with van der Waals surface area (Å²) in [5, 5.41) is 5.51. The van der Waals surface area contributed by atoms with Crippen molar-refractivity contribution in [1.82, 2.24) is 9.97 Å². The number of ether oxygens (including phenoxy) is 2. The largest absolute Gasteiger partial charge is 0.497 e. The quantitative estimate of drug-likeness (QED) is 0.356. The Bertz CT molecular complexity index is 1200. The molecule has 2 amide bonds. The second kappa shape index (κ2) is 9.48. The van der Waals surface area contributed by atoms with Gasteiger partial charge in [0, 0.05) is 35.4 Å². The molecule has 0 aliphatic heterocycles. The highest BCUT2D eigenvalue weighted by Crippen LogP contribution is 2.24. The monoisotopic (exact) mass is 428 g/mol. The van der Waals surface area contributed by atoms with E-state index in [1.807, 2.05) is 0 Å². The van der Waals surface area contributed by atoms with Gasteiger partial charge < -0.3 is 25.1 Å². The molecule has 8 nitrogen and oxygen atoms in total. The molecule has 0 spiro atoms. The number of carbonyl (C=O) groups is 2. The third-order valence-electron chi connectivity index (χ3n) is 4.51. The average molecular weight is 428 g/mol. The second-order valence-electron chi connectivity index (χ2n) is 6.73. The first-order chi connectivity index (χ1) is 15.6. The van der Waals surface area contributed by atoms with Crippen molar-refractivity contribution < 1.29 is 19.1 Å². The molecule has 8 heteroatoms. The van der Waals surface area contributed by atoms with Crippen LogP contribution in [0.5, 0.6) is 17.2 Å². The number of aromatic nitrogens is 2. The molecular formula is C24H20N4O4. The summed E-state index contributed by atoms with van der Waals surface area (Å²) < 4.78 is 11.0. The molecule has 0 fully saturated rings. The number of ketones is 1. The Balaban J connectivity index is 1.33. The first-order valence-electron chi connectivity index (χ1n) is 9.75. The summed E-state index contributed by atoms with van der Waals surface area (Å²) in [6.07, 6.45) is 3.14. The molecule has 4 rings (SSSR count). The Hall–Kier alpha value is -4.59. The highest BCUT2D eigenvalue weighted by Gasteiger charge is 2.11. The maximum absolute atomic E-state index is 12.3. The SMILES string of the molecule is COc1cccc(NC(=O)Nc2ccc(Oc3ccc(C(=O)c4ncc[nH]4)cc3)cc2)c1. The predicted octanol–water partition coefficient (Wildman–Crippen LogP) is 5.09. The van der Waals surface area contributed by atoms with E-state index in [9.17, 15) is 9.59 Å². The lowest BCUT2D eigenvalue weighted by molar-refractivity contribution is 0.103. The van der Waals surface area contributed by atoms with E-state index in [0.717, 1.165) is 0 Å². The first-order valence-corrected chi connectivity index (χ1v) is 9.75. The summed E-state index contributed by atoms with van der Waals surface area (Å²) in [5.74, 6) is 1.93. The summed E-state index contributed by atoms with van der Waals surface area (Å²) >= 11 is 0. The number of H-pyrrole nitrogens is 1. The van der Waals surface area contributed by atoms with Crippen molar-refractivity contribution in [1.29, 1.82) is 0 Å². The molecule has 1 aromatic heterocycles. The number of nitrogens with one attached hydrogen (secondary N) is 3. The van der Waals surface area contributed by atoms with Gasteiger partial charge in [0.2, 0.25) is 5.78 Å². The zero-order valence-corrected chi connectivity index (χ0v) is 17.2. The van der Waals surface area contributed by atoms with Gasteiger partial charge in [-0.15, -0.1) is 0 Å².